The maximum absolute atomic E-state index is 13.2. The van der Waals surface area contributed by atoms with Crippen molar-refractivity contribution < 1.29 is 4.79 Å². The number of amides is 1. The van der Waals surface area contributed by atoms with Crippen LogP contribution in [0.15, 0.2) is 54.1 Å². The van der Waals surface area contributed by atoms with E-state index in [9.17, 15) is 4.79 Å². The third-order valence-corrected chi connectivity index (χ3v) is 4.57. The zero-order chi connectivity index (χ0) is 18.3. The first-order valence-corrected chi connectivity index (χ1v) is 8.28. The Kier molecular flexibility index (Phi) is 3.80. The summed E-state index contributed by atoms with van der Waals surface area (Å²) in [6.07, 6.45) is 3.18. The van der Waals surface area contributed by atoms with Crippen LogP contribution >= 0.6 is 0 Å². The number of fused-ring (bicyclic) bond motifs is 1. The largest absolute Gasteiger partial charge is 0.328 e. The topological polar surface area (TPSA) is 89.7 Å². The Morgan fingerprint density at radius 1 is 1.19 bits per heavy atom. The Morgan fingerprint density at radius 2 is 2.00 bits per heavy atom. The molecule has 0 spiro atoms. The van der Waals surface area contributed by atoms with Crippen molar-refractivity contribution in [3.05, 3.63) is 65.4 Å². The molecule has 1 aliphatic heterocycles. The second-order valence-electron chi connectivity index (χ2n) is 6.24. The van der Waals surface area contributed by atoms with Gasteiger partial charge in [-0.3, -0.25) is 9.48 Å². The molecule has 1 aliphatic rings. The van der Waals surface area contributed by atoms with Gasteiger partial charge < -0.3 is 10.6 Å². The van der Waals surface area contributed by atoms with E-state index in [-0.39, 0.29) is 5.91 Å². The summed E-state index contributed by atoms with van der Waals surface area (Å²) < 4.78 is 3.45. The Bertz CT molecular complexity index is 1010. The molecule has 1 unspecified atom stereocenters. The quantitative estimate of drug-likeness (QED) is 0.757. The number of allylic oxidation sites excluding steroid dienone is 1. The van der Waals surface area contributed by atoms with Crippen LogP contribution in [0.3, 0.4) is 0 Å². The number of hydrogen-bond acceptors (Lipinski definition) is 5. The monoisotopic (exact) mass is 349 g/mol. The molecule has 1 aromatic carbocycles. The summed E-state index contributed by atoms with van der Waals surface area (Å²) in [6, 6.07) is 9.17. The second-order valence-corrected chi connectivity index (χ2v) is 6.24. The number of para-hydroxylation sites is 1. The van der Waals surface area contributed by atoms with Crippen LogP contribution in [0, 0.1) is 6.92 Å². The fourth-order valence-electron chi connectivity index (χ4n) is 3.21. The lowest BCUT2D eigenvalue weighted by atomic mass is 9.99. The van der Waals surface area contributed by atoms with Crippen LogP contribution in [0.25, 0.3) is 0 Å². The lowest BCUT2D eigenvalue weighted by molar-refractivity contribution is -0.113. The third-order valence-electron chi connectivity index (χ3n) is 4.57. The highest BCUT2D eigenvalue weighted by Gasteiger charge is 2.35. The van der Waals surface area contributed by atoms with Crippen molar-refractivity contribution in [1.82, 2.24) is 24.5 Å². The fraction of sp³-hybridized carbons (Fsp3) is 0.222. The Hall–Kier alpha value is -3.42. The SMILES string of the molecule is CC1=C(C(=O)Nc2ccccc2C)C(c2ccnn2C)n2ncnc2N1. The average Bonchev–Trinajstić information content (AvgIpc) is 3.24. The standard InChI is InChI=1S/C18H19N7O/c1-11-6-4-5-7-13(11)23-17(26)15-12(2)22-18-19-10-21-25(18)16(15)14-8-9-20-24(14)3/h4-10,16H,1-3H3,(H,23,26)(H,19,21,22). The van der Waals surface area contributed by atoms with Crippen LogP contribution in [0.2, 0.25) is 0 Å². The summed E-state index contributed by atoms with van der Waals surface area (Å²) in [5.74, 6) is 0.415. The van der Waals surface area contributed by atoms with Gasteiger partial charge in [0.05, 0.1) is 11.3 Å². The predicted octanol–water partition coefficient (Wildman–Crippen LogP) is 2.25. The van der Waals surface area contributed by atoms with E-state index < -0.39 is 6.04 Å². The molecule has 0 saturated carbocycles. The molecule has 3 aromatic rings. The summed E-state index contributed by atoms with van der Waals surface area (Å²) in [5.41, 5.74) is 3.96. The van der Waals surface area contributed by atoms with Gasteiger partial charge in [-0.1, -0.05) is 18.2 Å². The first kappa shape index (κ1) is 16.1. The van der Waals surface area contributed by atoms with Gasteiger partial charge in [-0.15, -0.1) is 0 Å². The van der Waals surface area contributed by atoms with Gasteiger partial charge in [-0.2, -0.15) is 15.2 Å². The number of aryl methyl sites for hydroxylation is 2. The molecular weight excluding hydrogens is 330 g/mol. The van der Waals surface area contributed by atoms with E-state index in [1.807, 2.05) is 51.2 Å². The Balaban J connectivity index is 1.78. The molecule has 0 bridgehead atoms. The number of hydrogen-bond donors (Lipinski definition) is 2. The highest BCUT2D eigenvalue weighted by atomic mass is 16.1. The molecule has 0 aliphatic carbocycles. The van der Waals surface area contributed by atoms with Crippen molar-refractivity contribution in [2.75, 3.05) is 10.6 Å². The number of carbonyl (C=O) groups is 1. The van der Waals surface area contributed by atoms with Crippen molar-refractivity contribution in [1.29, 1.82) is 0 Å². The van der Waals surface area contributed by atoms with E-state index in [2.05, 4.69) is 25.8 Å². The van der Waals surface area contributed by atoms with Gasteiger partial charge in [0.1, 0.15) is 12.4 Å². The number of nitrogens with one attached hydrogen (secondary N) is 2. The van der Waals surface area contributed by atoms with Gasteiger partial charge in [-0.05, 0) is 31.5 Å². The summed E-state index contributed by atoms with van der Waals surface area (Å²) in [5, 5.41) is 14.7. The molecule has 4 rings (SSSR count). The number of carbonyl (C=O) groups excluding carboxylic acids is 1. The first-order chi connectivity index (χ1) is 12.6. The minimum atomic E-state index is -0.412. The van der Waals surface area contributed by atoms with Gasteiger partial charge in [0.2, 0.25) is 5.95 Å². The average molecular weight is 349 g/mol. The van der Waals surface area contributed by atoms with Gasteiger partial charge in [-0.25, -0.2) is 4.68 Å². The molecule has 3 heterocycles. The van der Waals surface area contributed by atoms with E-state index in [1.165, 1.54) is 6.33 Å². The molecule has 132 valence electrons. The number of nitrogens with zero attached hydrogens (tertiary/aromatic N) is 5. The number of anilines is 2. The molecular formula is C18H19N7O. The first-order valence-electron chi connectivity index (χ1n) is 8.28. The van der Waals surface area contributed by atoms with Crippen molar-refractivity contribution in [3.63, 3.8) is 0 Å². The van der Waals surface area contributed by atoms with Crippen LogP contribution in [-0.2, 0) is 11.8 Å². The minimum absolute atomic E-state index is 0.184. The molecule has 2 aromatic heterocycles. The third kappa shape index (κ3) is 2.55. The Labute approximate surface area is 150 Å². The predicted molar refractivity (Wildman–Crippen MR) is 97.5 cm³/mol. The van der Waals surface area contributed by atoms with Crippen LogP contribution < -0.4 is 10.6 Å². The second kappa shape index (κ2) is 6.14. The maximum atomic E-state index is 13.2. The highest BCUT2D eigenvalue weighted by Crippen LogP contribution is 2.34. The van der Waals surface area contributed by atoms with E-state index in [0.29, 0.717) is 11.5 Å². The van der Waals surface area contributed by atoms with E-state index in [0.717, 1.165) is 22.6 Å². The minimum Gasteiger partial charge on any atom is -0.328 e. The Morgan fingerprint density at radius 3 is 2.73 bits per heavy atom. The van der Waals surface area contributed by atoms with E-state index >= 15 is 0 Å². The van der Waals surface area contributed by atoms with Gasteiger partial charge in [0.15, 0.2) is 0 Å². The van der Waals surface area contributed by atoms with Crippen LogP contribution in [-0.4, -0.2) is 30.5 Å². The number of aromatic nitrogens is 5. The fourth-order valence-corrected chi connectivity index (χ4v) is 3.21. The molecule has 26 heavy (non-hydrogen) atoms. The molecule has 2 N–H and O–H groups in total. The van der Waals surface area contributed by atoms with Crippen molar-refractivity contribution in [3.8, 4) is 0 Å². The molecule has 0 radical (unpaired) electrons. The number of rotatable bonds is 3. The molecule has 8 heteroatoms. The van der Waals surface area contributed by atoms with Gasteiger partial charge in [0.25, 0.3) is 5.91 Å². The summed E-state index contributed by atoms with van der Waals surface area (Å²) in [7, 11) is 1.85. The molecule has 1 atom stereocenters. The highest BCUT2D eigenvalue weighted by molar-refractivity contribution is 6.06. The van der Waals surface area contributed by atoms with Crippen LogP contribution in [0.1, 0.15) is 24.2 Å². The lowest BCUT2D eigenvalue weighted by Gasteiger charge is -2.28. The van der Waals surface area contributed by atoms with Crippen molar-refractivity contribution >= 4 is 17.5 Å². The molecule has 8 nitrogen and oxygen atoms in total. The zero-order valence-electron chi connectivity index (χ0n) is 14.8. The molecule has 0 saturated heterocycles. The lowest BCUT2D eigenvalue weighted by Crippen LogP contribution is -2.32. The maximum Gasteiger partial charge on any atom is 0.255 e. The smallest absolute Gasteiger partial charge is 0.255 e. The van der Waals surface area contributed by atoms with Crippen LogP contribution in [0.4, 0.5) is 11.6 Å². The number of benzene rings is 1. The molecule has 1 amide bonds. The van der Waals surface area contributed by atoms with Crippen LogP contribution in [0.5, 0.6) is 0 Å². The summed E-state index contributed by atoms with van der Waals surface area (Å²) >= 11 is 0. The van der Waals surface area contributed by atoms with E-state index in [4.69, 9.17) is 0 Å². The summed E-state index contributed by atoms with van der Waals surface area (Å²) in [4.78, 5) is 17.4. The van der Waals surface area contributed by atoms with E-state index in [1.54, 1.807) is 15.6 Å². The molecule has 0 fully saturated rings. The normalized spacial score (nSPS) is 16.2. The van der Waals surface area contributed by atoms with Gasteiger partial charge in [0, 0.05) is 24.6 Å². The van der Waals surface area contributed by atoms with Crippen molar-refractivity contribution in [2.45, 2.75) is 19.9 Å². The zero-order valence-corrected chi connectivity index (χ0v) is 14.8. The van der Waals surface area contributed by atoms with Crippen molar-refractivity contribution in [2.24, 2.45) is 7.05 Å². The summed E-state index contributed by atoms with van der Waals surface area (Å²) in [6.45, 7) is 3.83. The van der Waals surface area contributed by atoms with Gasteiger partial charge >= 0.3 is 0 Å².